The van der Waals surface area contributed by atoms with Crippen LogP contribution < -0.4 is 10.2 Å². The Kier molecular flexibility index (Phi) is 5.26. The minimum absolute atomic E-state index is 0.711. The summed E-state index contributed by atoms with van der Waals surface area (Å²) in [6, 6.07) is 6.12. The lowest BCUT2D eigenvalue weighted by atomic mass is 10.2. The Morgan fingerprint density at radius 1 is 1.38 bits per heavy atom. The number of aryl methyl sites for hydroxylation is 1. The van der Waals surface area contributed by atoms with Gasteiger partial charge in [-0.3, -0.25) is 0 Å². The van der Waals surface area contributed by atoms with E-state index in [4.69, 9.17) is 0 Å². The summed E-state index contributed by atoms with van der Waals surface area (Å²) in [6.45, 7) is 9.54. The second kappa shape index (κ2) is 6.48. The van der Waals surface area contributed by atoms with E-state index in [2.05, 4.69) is 48.2 Å². The fraction of sp³-hybridized carbons (Fsp3) is 0.615. The summed E-state index contributed by atoms with van der Waals surface area (Å²) >= 11 is 0. The molecule has 0 amide bonds. The highest BCUT2D eigenvalue weighted by molar-refractivity contribution is 5.37. The second-order valence-corrected chi connectivity index (χ2v) is 4.66. The van der Waals surface area contributed by atoms with E-state index in [1.165, 1.54) is 0 Å². The van der Waals surface area contributed by atoms with Crippen LogP contribution in [0.5, 0.6) is 0 Å². The summed E-state index contributed by atoms with van der Waals surface area (Å²) < 4.78 is 0. The molecule has 0 fully saturated rings. The maximum Gasteiger partial charge on any atom is 0.128 e. The molecule has 0 aliphatic heterocycles. The summed E-state index contributed by atoms with van der Waals surface area (Å²) in [7, 11) is 2.08. The Bertz CT molecular complexity index is 310. The van der Waals surface area contributed by atoms with Crippen LogP contribution in [0.3, 0.4) is 0 Å². The van der Waals surface area contributed by atoms with E-state index in [1.54, 1.807) is 0 Å². The van der Waals surface area contributed by atoms with Gasteiger partial charge in [-0.2, -0.15) is 0 Å². The van der Waals surface area contributed by atoms with Crippen molar-refractivity contribution < 1.29 is 0 Å². The van der Waals surface area contributed by atoms with E-state index in [1.807, 2.05) is 13.0 Å². The van der Waals surface area contributed by atoms with Crippen molar-refractivity contribution in [1.82, 2.24) is 10.3 Å². The normalized spacial score (nSPS) is 10.8. The van der Waals surface area contributed by atoms with Crippen LogP contribution in [0.4, 0.5) is 5.82 Å². The van der Waals surface area contributed by atoms with Gasteiger partial charge in [0.05, 0.1) is 0 Å². The van der Waals surface area contributed by atoms with Crippen LogP contribution in [0.25, 0.3) is 0 Å². The van der Waals surface area contributed by atoms with Gasteiger partial charge in [0.2, 0.25) is 0 Å². The zero-order valence-corrected chi connectivity index (χ0v) is 10.8. The fourth-order valence-electron chi connectivity index (χ4n) is 1.49. The largest absolute Gasteiger partial charge is 0.358 e. The quantitative estimate of drug-likeness (QED) is 0.745. The molecule has 16 heavy (non-hydrogen) atoms. The standard InChI is InChI=1S/C13H23N3/c1-11(2)10-14-8-9-16(4)13-7-5-6-12(3)15-13/h5-7,11,14H,8-10H2,1-4H3. The van der Waals surface area contributed by atoms with Gasteiger partial charge in [-0.25, -0.2) is 4.98 Å². The van der Waals surface area contributed by atoms with Crippen molar-refractivity contribution in [2.75, 3.05) is 31.6 Å². The predicted octanol–water partition coefficient (Wildman–Crippen LogP) is 2.07. The van der Waals surface area contributed by atoms with Crippen molar-refractivity contribution in [1.29, 1.82) is 0 Å². The van der Waals surface area contributed by atoms with Crippen molar-refractivity contribution in [2.45, 2.75) is 20.8 Å². The molecular formula is C13H23N3. The van der Waals surface area contributed by atoms with E-state index >= 15 is 0 Å². The van der Waals surface area contributed by atoms with Gasteiger partial charge in [0.15, 0.2) is 0 Å². The van der Waals surface area contributed by atoms with Gasteiger partial charge in [-0.15, -0.1) is 0 Å². The van der Waals surface area contributed by atoms with Crippen molar-refractivity contribution in [3.63, 3.8) is 0 Å². The van der Waals surface area contributed by atoms with Crippen LogP contribution in [0.2, 0.25) is 0 Å². The van der Waals surface area contributed by atoms with Crippen LogP contribution in [-0.4, -0.2) is 31.7 Å². The van der Waals surface area contributed by atoms with Crippen molar-refractivity contribution in [3.8, 4) is 0 Å². The molecule has 0 bridgehead atoms. The highest BCUT2D eigenvalue weighted by Gasteiger charge is 2.01. The van der Waals surface area contributed by atoms with Crippen LogP contribution in [0.15, 0.2) is 18.2 Å². The number of hydrogen-bond donors (Lipinski definition) is 1. The Morgan fingerprint density at radius 2 is 2.12 bits per heavy atom. The van der Waals surface area contributed by atoms with Crippen molar-refractivity contribution >= 4 is 5.82 Å². The van der Waals surface area contributed by atoms with Crippen LogP contribution in [0.1, 0.15) is 19.5 Å². The molecule has 3 nitrogen and oxygen atoms in total. The minimum atomic E-state index is 0.711. The summed E-state index contributed by atoms with van der Waals surface area (Å²) in [4.78, 5) is 6.67. The molecular weight excluding hydrogens is 198 g/mol. The molecule has 0 aromatic carbocycles. The summed E-state index contributed by atoms with van der Waals surface area (Å²) in [5.41, 5.74) is 1.07. The molecule has 0 aliphatic carbocycles. The highest BCUT2D eigenvalue weighted by atomic mass is 15.2. The zero-order chi connectivity index (χ0) is 12.0. The van der Waals surface area contributed by atoms with Gasteiger partial charge in [0, 0.05) is 25.8 Å². The van der Waals surface area contributed by atoms with Crippen molar-refractivity contribution in [2.24, 2.45) is 5.92 Å². The van der Waals surface area contributed by atoms with Crippen LogP contribution in [0, 0.1) is 12.8 Å². The van der Waals surface area contributed by atoms with Gasteiger partial charge >= 0.3 is 0 Å². The third kappa shape index (κ3) is 4.62. The number of pyridine rings is 1. The Labute approximate surface area is 98.9 Å². The Balaban J connectivity index is 2.32. The molecule has 0 radical (unpaired) electrons. The number of likely N-dealkylation sites (N-methyl/N-ethyl adjacent to an activating group) is 1. The lowest BCUT2D eigenvalue weighted by Gasteiger charge is -2.19. The molecule has 1 aromatic heterocycles. The first-order valence-electron chi connectivity index (χ1n) is 5.95. The fourth-order valence-corrected chi connectivity index (χ4v) is 1.49. The molecule has 0 aliphatic rings. The number of aromatic nitrogens is 1. The molecule has 0 atom stereocenters. The van der Waals surface area contributed by atoms with Gasteiger partial charge in [0.1, 0.15) is 5.82 Å². The molecule has 0 saturated heterocycles. The minimum Gasteiger partial charge on any atom is -0.358 e. The first-order valence-corrected chi connectivity index (χ1v) is 5.95. The summed E-state index contributed by atoms with van der Waals surface area (Å²) in [5.74, 6) is 1.76. The van der Waals surface area contributed by atoms with E-state index in [-0.39, 0.29) is 0 Å². The van der Waals surface area contributed by atoms with Gasteiger partial charge in [-0.1, -0.05) is 19.9 Å². The monoisotopic (exact) mass is 221 g/mol. The third-order valence-corrected chi connectivity index (χ3v) is 2.44. The highest BCUT2D eigenvalue weighted by Crippen LogP contribution is 2.08. The second-order valence-electron chi connectivity index (χ2n) is 4.66. The number of rotatable bonds is 6. The Hall–Kier alpha value is -1.09. The smallest absolute Gasteiger partial charge is 0.128 e. The van der Waals surface area contributed by atoms with Gasteiger partial charge < -0.3 is 10.2 Å². The molecule has 0 spiro atoms. The molecule has 0 unspecified atom stereocenters. The molecule has 1 N–H and O–H groups in total. The first-order chi connectivity index (χ1) is 7.59. The molecule has 3 heteroatoms. The van der Waals surface area contributed by atoms with Crippen LogP contribution in [-0.2, 0) is 0 Å². The van der Waals surface area contributed by atoms with E-state index in [9.17, 15) is 0 Å². The summed E-state index contributed by atoms with van der Waals surface area (Å²) in [5, 5.41) is 3.43. The topological polar surface area (TPSA) is 28.2 Å². The number of hydrogen-bond acceptors (Lipinski definition) is 3. The van der Waals surface area contributed by atoms with E-state index < -0.39 is 0 Å². The molecule has 0 saturated carbocycles. The third-order valence-electron chi connectivity index (χ3n) is 2.44. The van der Waals surface area contributed by atoms with Crippen LogP contribution >= 0.6 is 0 Å². The maximum absolute atomic E-state index is 4.49. The molecule has 90 valence electrons. The zero-order valence-electron chi connectivity index (χ0n) is 10.8. The van der Waals surface area contributed by atoms with Crippen molar-refractivity contribution in [3.05, 3.63) is 23.9 Å². The summed E-state index contributed by atoms with van der Waals surface area (Å²) in [6.07, 6.45) is 0. The SMILES string of the molecule is Cc1cccc(N(C)CCNCC(C)C)n1. The molecule has 1 heterocycles. The van der Waals surface area contributed by atoms with Gasteiger partial charge in [-0.05, 0) is 31.5 Å². The van der Waals surface area contributed by atoms with Gasteiger partial charge in [0.25, 0.3) is 0 Å². The van der Waals surface area contributed by atoms with E-state index in [0.29, 0.717) is 5.92 Å². The first kappa shape index (κ1) is 13.0. The average Bonchev–Trinajstić information content (AvgIpc) is 2.24. The maximum atomic E-state index is 4.49. The number of nitrogens with zero attached hydrogens (tertiary/aromatic N) is 2. The Morgan fingerprint density at radius 3 is 2.75 bits per heavy atom. The average molecular weight is 221 g/mol. The molecule has 1 aromatic rings. The lowest BCUT2D eigenvalue weighted by molar-refractivity contribution is 0.554. The molecule has 1 rings (SSSR count). The lowest BCUT2D eigenvalue weighted by Crippen LogP contribution is -2.31. The number of nitrogens with one attached hydrogen (secondary N) is 1. The van der Waals surface area contributed by atoms with E-state index in [0.717, 1.165) is 31.1 Å². The predicted molar refractivity (Wildman–Crippen MR) is 70.0 cm³/mol. The number of anilines is 1.